The molecule has 0 aliphatic carbocycles. The van der Waals surface area contributed by atoms with Gasteiger partial charge in [-0.1, -0.05) is 42.5 Å². The Morgan fingerprint density at radius 1 is 0.652 bits per heavy atom. The molecule has 0 atom stereocenters. The molecule has 0 saturated heterocycles. The van der Waals surface area contributed by atoms with Gasteiger partial charge in [0.15, 0.2) is 6.20 Å². The Morgan fingerprint density at radius 2 is 1.35 bits per heavy atom. The van der Waals surface area contributed by atoms with Crippen LogP contribution < -0.4 is 4.57 Å². The van der Waals surface area contributed by atoms with Gasteiger partial charge in [0, 0.05) is 16.5 Å². The van der Waals surface area contributed by atoms with Crippen molar-refractivity contribution in [1.29, 1.82) is 0 Å². The van der Waals surface area contributed by atoms with E-state index >= 15 is 0 Å². The fourth-order valence-corrected chi connectivity index (χ4v) is 3.79. The SMILES string of the molecule is CC1=C[n+]2c(-c3ccccc3)c3ccccc3c3cccc1c32. The minimum absolute atomic E-state index is 1.26. The first-order valence-electron chi connectivity index (χ1n) is 7.98. The van der Waals surface area contributed by atoms with Crippen LogP contribution in [0.3, 0.4) is 0 Å². The molecule has 4 aromatic rings. The number of para-hydroxylation sites is 1. The molecular formula is C22H16N+. The largest absolute Gasteiger partial charge is 0.226 e. The zero-order valence-electron chi connectivity index (χ0n) is 13.0. The minimum Gasteiger partial charge on any atom is -0.158 e. The molecule has 0 N–H and O–H groups in total. The summed E-state index contributed by atoms with van der Waals surface area (Å²) >= 11 is 0. The first kappa shape index (κ1) is 12.6. The van der Waals surface area contributed by atoms with E-state index in [0.717, 1.165) is 0 Å². The van der Waals surface area contributed by atoms with Crippen LogP contribution in [0.15, 0.2) is 72.8 Å². The van der Waals surface area contributed by atoms with E-state index in [0.29, 0.717) is 0 Å². The van der Waals surface area contributed by atoms with Gasteiger partial charge in [-0.15, -0.1) is 0 Å². The molecular weight excluding hydrogens is 278 g/mol. The van der Waals surface area contributed by atoms with Crippen LogP contribution in [0.1, 0.15) is 12.5 Å². The van der Waals surface area contributed by atoms with Gasteiger partial charge >= 0.3 is 0 Å². The predicted molar refractivity (Wildman–Crippen MR) is 96.9 cm³/mol. The van der Waals surface area contributed by atoms with E-state index in [-0.39, 0.29) is 0 Å². The number of hydrogen-bond acceptors (Lipinski definition) is 0. The molecule has 1 aliphatic rings. The van der Waals surface area contributed by atoms with E-state index in [2.05, 4.69) is 90.5 Å². The monoisotopic (exact) mass is 294 g/mol. The summed E-state index contributed by atoms with van der Waals surface area (Å²) in [7, 11) is 0. The van der Waals surface area contributed by atoms with E-state index in [9.17, 15) is 0 Å². The van der Waals surface area contributed by atoms with Gasteiger partial charge in [-0.2, -0.15) is 4.57 Å². The molecule has 1 heteroatoms. The number of fused-ring (bicyclic) bond motifs is 2. The van der Waals surface area contributed by atoms with Gasteiger partial charge < -0.3 is 0 Å². The Kier molecular flexibility index (Phi) is 2.48. The molecule has 23 heavy (non-hydrogen) atoms. The highest BCUT2D eigenvalue weighted by atomic mass is 15.0. The quantitative estimate of drug-likeness (QED) is 0.332. The molecule has 0 radical (unpaired) electrons. The summed E-state index contributed by atoms with van der Waals surface area (Å²) in [5.41, 5.74) is 6.51. The third-order valence-electron chi connectivity index (χ3n) is 4.79. The molecule has 108 valence electrons. The fourth-order valence-electron chi connectivity index (χ4n) is 3.79. The van der Waals surface area contributed by atoms with Crippen LogP contribution in [0.2, 0.25) is 0 Å². The Balaban J connectivity index is 2.08. The van der Waals surface area contributed by atoms with Crippen molar-refractivity contribution < 1.29 is 4.57 Å². The van der Waals surface area contributed by atoms with Gasteiger partial charge in [-0.05, 0) is 37.3 Å². The second kappa shape index (κ2) is 4.53. The summed E-state index contributed by atoms with van der Waals surface area (Å²) in [6.45, 7) is 2.20. The van der Waals surface area contributed by atoms with Crippen molar-refractivity contribution in [2.75, 3.05) is 0 Å². The van der Waals surface area contributed by atoms with Crippen molar-refractivity contribution in [2.45, 2.75) is 6.92 Å². The molecule has 5 rings (SSSR count). The Bertz CT molecular complexity index is 1110. The van der Waals surface area contributed by atoms with Gasteiger partial charge in [-0.25, -0.2) is 0 Å². The van der Waals surface area contributed by atoms with Crippen LogP contribution in [0.25, 0.3) is 44.7 Å². The molecule has 3 aromatic carbocycles. The molecule has 0 spiro atoms. The molecule has 2 heterocycles. The van der Waals surface area contributed by atoms with Crippen LogP contribution in [0.4, 0.5) is 0 Å². The van der Waals surface area contributed by atoms with Crippen LogP contribution in [-0.2, 0) is 0 Å². The number of nitrogens with zero attached hydrogens (tertiary/aromatic N) is 1. The lowest BCUT2D eigenvalue weighted by Gasteiger charge is -2.08. The first-order valence-corrected chi connectivity index (χ1v) is 7.98. The zero-order chi connectivity index (χ0) is 15.4. The molecule has 0 fully saturated rings. The van der Waals surface area contributed by atoms with E-state index < -0.39 is 0 Å². The maximum atomic E-state index is 2.37. The summed E-state index contributed by atoms with van der Waals surface area (Å²) in [5.74, 6) is 0. The van der Waals surface area contributed by atoms with E-state index in [1.165, 1.54) is 44.1 Å². The highest BCUT2D eigenvalue weighted by Gasteiger charge is 2.28. The van der Waals surface area contributed by atoms with Crippen molar-refractivity contribution >= 4 is 33.4 Å². The van der Waals surface area contributed by atoms with Gasteiger partial charge in [0.05, 0.1) is 16.3 Å². The van der Waals surface area contributed by atoms with Crippen molar-refractivity contribution in [2.24, 2.45) is 0 Å². The molecule has 1 aromatic heterocycles. The standard InChI is InChI=1S/C22H16N/c1-15-14-23-21(16-8-3-2-4-9-16)19-11-6-5-10-18(19)20-13-7-12-17(15)22(20)23/h2-14H,1H3/q+1. The third kappa shape index (κ3) is 1.65. The summed E-state index contributed by atoms with van der Waals surface area (Å²) in [6.07, 6.45) is 2.27. The average Bonchev–Trinajstić information content (AvgIpc) is 2.94. The van der Waals surface area contributed by atoms with Crippen LogP contribution >= 0.6 is 0 Å². The van der Waals surface area contributed by atoms with Crippen LogP contribution in [0, 0.1) is 0 Å². The first-order chi connectivity index (χ1) is 11.3. The number of aromatic nitrogens is 1. The van der Waals surface area contributed by atoms with E-state index in [4.69, 9.17) is 0 Å². The minimum atomic E-state index is 1.26. The van der Waals surface area contributed by atoms with Gasteiger partial charge in [-0.3, -0.25) is 0 Å². The second-order valence-corrected chi connectivity index (χ2v) is 6.14. The topological polar surface area (TPSA) is 3.88 Å². The predicted octanol–water partition coefficient (Wildman–Crippen LogP) is 5.28. The average molecular weight is 294 g/mol. The van der Waals surface area contributed by atoms with E-state index in [1.807, 2.05) is 0 Å². The normalized spacial score (nSPS) is 12.8. The van der Waals surface area contributed by atoms with Crippen molar-refractivity contribution in [1.82, 2.24) is 0 Å². The molecule has 0 bridgehead atoms. The van der Waals surface area contributed by atoms with E-state index in [1.54, 1.807) is 0 Å². The van der Waals surface area contributed by atoms with Gasteiger partial charge in [0.25, 0.3) is 0 Å². The molecule has 0 unspecified atom stereocenters. The Morgan fingerprint density at radius 3 is 2.17 bits per heavy atom. The summed E-state index contributed by atoms with van der Waals surface area (Å²) < 4.78 is 2.37. The third-order valence-corrected chi connectivity index (χ3v) is 4.79. The Labute approximate surface area is 135 Å². The summed E-state index contributed by atoms with van der Waals surface area (Å²) in [6, 6.07) is 26.0. The molecule has 0 amide bonds. The maximum absolute atomic E-state index is 2.37. The van der Waals surface area contributed by atoms with Crippen molar-refractivity contribution in [3.05, 3.63) is 78.4 Å². The highest BCUT2D eigenvalue weighted by molar-refractivity contribution is 6.12. The lowest BCUT2D eigenvalue weighted by atomic mass is 9.98. The summed E-state index contributed by atoms with van der Waals surface area (Å²) in [4.78, 5) is 0. The van der Waals surface area contributed by atoms with Crippen molar-refractivity contribution in [3.63, 3.8) is 0 Å². The highest BCUT2D eigenvalue weighted by Crippen LogP contribution is 2.36. The summed E-state index contributed by atoms with van der Waals surface area (Å²) in [5, 5.41) is 3.95. The number of rotatable bonds is 1. The Hall–Kier alpha value is -2.93. The number of hydrogen-bond donors (Lipinski definition) is 0. The van der Waals surface area contributed by atoms with Crippen molar-refractivity contribution in [3.8, 4) is 11.3 Å². The zero-order valence-corrected chi connectivity index (χ0v) is 13.0. The smallest absolute Gasteiger partial charge is 0.158 e. The number of allylic oxidation sites excluding steroid dienone is 1. The van der Waals surface area contributed by atoms with Gasteiger partial charge in [0.2, 0.25) is 11.2 Å². The lowest BCUT2D eigenvalue weighted by molar-refractivity contribution is -0.522. The molecule has 1 aliphatic heterocycles. The second-order valence-electron chi connectivity index (χ2n) is 6.14. The van der Waals surface area contributed by atoms with Crippen LogP contribution in [-0.4, -0.2) is 0 Å². The maximum Gasteiger partial charge on any atom is 0.226 e. The number of pyridine rings is 1. The lowest BCUT2D eigenvalue weighted by Crippen LogP contribution is -2.28. The molecule has 0 saturated carbocycles. The fraction of sp³-hybridized carbons (Fsp3) is 0.0455. The van der Waals surface area contributed by atoms with Gasteiger partial charge in [0.1, 0.15) is 0 Å². The molecule has 1 nitrogen and oxygen atoms in total. The number of benzene rings is 3. The van der Waals surface area contributed by atoms with Crippen LogP contribution in [0.5, 0.6) is 0 Å².